The highest BCUT2D eigenvalue weighted by molar-refractivity contribution is 9.08. The van der Waals surface area contributed by atoms with E-state index < -0.39 is 0 Å². The topological polar surface area (TPSA) is 72.5 Å². The lowest BCUT2D eigenvalue weighted by Gasteiger charge is -2.02. The van der Waals surface area contributed by atoms with Crippen molar-refractivity contribution < 1.29 is 0 Å². The predicted octanol–water partition coefficient (Wildman–Crippen LogP) is 4.17. The molecule has 0 spiro atoms. The minimum absolute atomic E-state index is 0.453. The van der Waals surface area contributed by atoms with Gasteiger partial charge in [0.2, 0.25) is 0 Å². The Bertz CT molecular complexity index is 496. The van der Waals surface area contributed by atoms with Crippen LogP contribution in [0.3, 0.4) is 0 Å². The van der Waals surface area contributed by atoms with Crippen molar-refractivity contribution in [1.82, 2.24) is 0 Å². The van der Waals surface area contributed by atoms with Crippen molar-refractivity contribution in [2.75, 3.05) is 6.54 Å². The van der Waals surface area contributed by atoms with Gasteiger partial charge >= 0.3 is 0 Å². The molecule has 0 aliphatic rings. The average Bonchev–Trinajstić information content (AvgIpc) is 2.38. The van der Waals surface area contributed by atoms with Gasteiger partial charge in [-0.15, -0.1) is 0 Å². The van der Waals surface area contributed by atoms with Crippen molar-refractivity contribution in [3.05, 3.63) is 51.4 Å². The van der Waals surface area contributed by atoms with Gasteiger partial charge in [0, 0.05) is 16.8 Å². The maximum absolute atomic E-state index is 8.83. The van der Waals surface area contributed by atoms with Gasteiger partial charge in [-0.05, 0) is 35.2 Å². The van der Waals surface area contributed by atoms with Crippen LogP contribution in [0.25, 0.3) is 16.5 Å². The first-order valence-electron chi connectivity index (χ1n) is 5.08. The molecule has 0 saturated carbocycles. The molecule has 0 aliphatic carbocycles. The summed E-state index contributed by atoms with van der Waals surface area (Å²) in [7, 11) is 0. The quantitative estimate of drug-likeness (QED) is 0.264. The largest absolute Gasteiger partial charge is 0.192 e. The van der Waals surface area contributed by atoms with Gasteiger partial charge < -0.3 is 0 Å². The zero-order valence-corrected chi connectivity index (χ0v) is 10.8. The molecular formula is C12H11BrN4. The molecule has 0 amide bonds. The van der Waals surface area contributed by atoms with Crippen molar-refractivity contribution >= 4 is 22.0 Å². The van der Waals surface area contributed by atoms with E-state index in [1.54, 1.807) is 6.07 Å². The number of nitrogens with zero attached hydrogens (tertiary/aromatic N) is 4. The first-order chi connectivity index (χ1) is 8.31. The van der Waals surface area contributed by atoms with Crippen molar-refractivity contribution in [1.29, 1.82) is 5.26 Å². The molecule has 0 N–H and O–H groups in total. The standard InChI is InChI=1S/C12H11BrN4/c13-8-12-5-4-10(9-14)7-11(12)3-1-2-6-16-17-15/h1,3-5,7H,2,6,8H2. The fourth-order valence-electron chi connectivity index (χ4n) is 1.33. The van der Waals surface area contributed by atoms with Crippen molar-refractivity contribution in [3.63, 3.8) is 0 Å². The van der Waals surface area contributed by atoms with Crippen molar-refractivity contribution in [2.45, 2.75) is 11.8 Å². The van der Waals surface area contributed by atoms with E-state index in [1.165, 1.54) is 0 Å². The molecule has 0 fully saturated rings. The second-order valence-corrected chi connectivity index (χ2v) is 3.87. The number of rotatable bonds is 5. The number of hydrogen-bond acceptors (Lipinski definition) is 2. The van der Waals surface area contributed by atoms with Crippen LogP contribution in [0.4, 0.5) is 0 Å². The highest BCUT2D eigenvalue weighted by atomic mass is 79.9. The van der Waals surface area contributed by atoms with E-state index in [4.69, 9.17) is 10.8 Å². The molecule has 17 heavy (non-hydrogen) atoms. The lowest BCUT2D eigenvalue weighted by atomic mass is 10.0. The summed E-state index contributed by atoms with van der Waals surface area (Å²) < 4.78 is 0. The van der Waals surface area contributed by atoms with Gasteiger partial charge in [-0.1, -0.05) is 39.3 Å². The summed E-state index contributed by atoms with van der Waals surface area (Å²) in [5, 5.41) is 13.0. The molecule has 0 unspecified atom stereocenters. The predicted molar refractivity (Wildman–Crippen MR) is 71.5 cm³/mol. The third-order valence-electron chi connectivity index (χ3n) is 2.18. The van der Waals surface area contributed by atoms with Gasteiger partial charge in [0.25, 0.3) is 0 Å². The van der Waals surface area contributed by atoms with Crippen LogP contribution in [0.5, 0.6) is 0 Å². The Morgan fingerprint density at radius 1 is 1.53 bits per heavy atom. The Balaban J connectivity index is 2.80. The van der Waals surface area contributed by atoms with Gasteiger partial charge in [0.15, 0.2) is 0 Å². The fourth-order valence-corrected chi connectivity index (χ4v) is 1.84. The first kappa shape index (κ1) is 13.3. The lowest BCUT2D eigenvalue weighted by Crippen LogP contribution is -1.86. The minimum Gasteiger partial charge on any atom is -0.192 e. The minimum atomic E-state index is 0.453. The summed E-state index contributed by atoms with van der Waals surface area (Å²) in [4.78, 5) is 2.68. The fraction of sp³-hybridized carbons (Fsp3) is 0.250. The smallest absolute Gasteiger partial charge is 0.0991 e. The number of azide groups is 1. The van der Waals surface area contributed by atoms with Gasteiger partial charge in [-0.3, -0.25) is 0 Å². The van der Waals surface area contributed by atoms with Crippen LogP contribution >= 0.6 is 15.9 Å². The molecular weight excluding hydrogens is 280 g/mol. The molecule has 1 aromatic rings. The first-order valence-corrected chi connectivity index (χ1v) is 6.20. The third kappa shape index (κ3) is 4.31. The monoisotopic (exact) mass is 290 g/mol. The molecule has 86 valence electrons. The lowest BCUT2D eigenvalue weighted by molar-refractivity contribution is 0.995. The highest BCUT2D eigenvalue weighted by Crippen LogP contribution is 2.16. The molecule has 5 heteroatoms. The van der Waals surface area contributed by atoms with Crippen LogP contribution in [0.15, 0.2) is 29.4 Å². The normalized spacial score (nSPS) is 9.88. The summed E-state index contributed by atoms with van der Waals surface area (Å²) in [5.41, 5.74) is 10.9. The molecule has 0 aliphatic heterocycles. The highest BCUT2D eigenvalue weighted by Gasteiger charge is 1.99. The second kappa shape index (κ2) is 7.50. The van der Waals surface area contributed by atoms with Gasteiger partial charge in [0.05, 0.1) is 11.6 Å². The molecule has 0 atom stereocenters. The number of hydrogen-bond donors (Lipinski definition) is 0. The molecule has 1 aromatic carbocycles. The summed E-state index contributed by atoms with van der Waals surface area (Å²) in [5.74, 6) is 0. The van der Waals surface area contributed by atoms with Crippen LogP contribution in [0, 0.1) is 11.3 Å². The summed E-state index contributed by atoms with van der Waals surface area (Å²) in [6.45, 7) is 0.453. The van der Waals surface area contributed by atoms with Gasteiger partial charge in [-0.2, -0.15) is 5.26 Å². The summed E-state index contributed by atoms with van der Waals surface area (Å²) in [6.07, 6.45) is 4.59. The average molecular weight is 291 g/mol. The van der Waals surface area contributed by atoms with E-state index in [-0.39, 0.29) is 0 Å². The van der Waals surface area contributed by atoms with E-state index >= 15 is 0 Å². The molecule has 0 radical (unpaired) electrons. The van der Waals surface area contributed by atoms with Crippen molar-refractivity contribution in [2.24, 2.45) is 5.11 Å². The Kier molecular flexibility index (Phi) is 5.87. The summed E-state index contributed by atoms with van der Waals surface area (Å²) >= 11 is 3.41. The SMILES string of the molecule is N#Cc1ccc(CBr)c(C=CCCN=[N+]=[N-])c1. The van der Waals surface area contributed by atoms with E-state index in [2.05, 4.69) is 32.0 Å². The molecule has 1 rings (SSSR count). The van der Waals surface area contributed by atoms with Crippen LogP contribution in [-0.2, 0) is 5.33 Å². The molecule has 0 aromatic heterocycles. The number of nitriles is 1. The third-order valence-corrected chi connectivity index (χ3v) is 2.78. The maximum atomic E-state index is 8.83. The van der Waals surface area contributed by atoms with Crippen molar-refractivity contribution in [3.8, 4) is 6.07 Å². The van der Waals surface area contributed by atoms with Crippen LogP contribution in [-0.4, -0.2) is 6.54 Å². The maximum Gasteiger partial charge on any atom is 0.0991 e. The van der Waals surface area contributed by atoms with Gasteiger partial charge in [-0.25, -0.2) is 0 Å². The molecule has 0 saturated heterocycles. The second-order valence-electron chi connectivity index (χ2n) is 3.30. The van der Waals surface area contributed by atoms with Crippen LogP contribution in [0.1, 0.15) is 23.1 Å². The van der Waals surface area contributed by atoms with Crippen LogP contribution < -0.4 is 0 Å². The molecule has 4 nitrogen and oxygen atoms in total. The Morgan fingerprint density at radius 2 is 2.35 bits per heavy atom. The Morgan fingerprint density at radius 3 is 3.00 bits per heavy atom. The van der Waals surface area contributed by atoms with Crippen LogP contribution in [0.2, 0.25) is 0 Å². The van der Waals surface area contributed by atoms with E-state index in [0.717, 1.165) is 16.5 Å². The number of benzene rings is 1. The Hall–Kier alpha value is -1.76. The summed E-state index contributed by atoms with van der Waals surface area (Å²) in [6, 6.07) is 7.69. The van der Waals surface area contributed by atoms with Gasteiger partial charge in [0.1, 0.15) is 0 Å². The molecule has 0 heterocycles. The van der Waals surface area contributed by atoms with E-state index in [0.29, 0.717) is 18.5 Å². The zero-order valence-electron chi connectivity index (χ0n) is 9.17. The number of alkyl halides is 1. The van der Waals surface area contributed by atoms with E-state index in [1.807, 2.05) is 24.3 Å². The number of halogens is 1. The molecule has 0 bridgehead atoms. The van der Waals surface area contributed by atoms with E-state index in [9.17, 15) is 0 Å². The zero-order chi connectivity index (χ0) is 12.5. The Labute approximate surface area is 108 Å².